The molecule has 0 radical (unpaired) electrons. The highest BCUT2D eigenvalue weighted by Crippen LogP contribution is 1.94. The van der Waals surface area contributed by atoms with Gasteiger partial charge in [0.2, 0.25) is 6.39 Å². The molecule has 2 rings (SSSR count). The molecule has 0 bridgehead atoms. The fourth-order valence-corrected chi connectivity index (χ4v) is 1.15. The van der Waals surface area contributed by atoms with Gasteiger partial charge in [-0.2, -0.15) is 4.98 Å². The van der Waals surface area contributed by atoms with Gasteiger partial charge in [0.05, 0.1) is 6.54 Å². The van der Waals surface area contributed by atoms with Gasteiger partial charge in [-0.1, -0.05) is 5.16 Å². The van der Waals surface area contributed by atoms with Crippen molar-refractivity contribution in [1.29, 1.82) is 0 Å². The topological polar surface area (TPSA) is 60.9 Å². The molecule has 0 atom stereocenters. The summed E-state index contributed by atoms with van der Waals surface area (Å²) in [6.45, 7) is 2.22. The molecule has 5 heteroatoms. The van der Waals surface area contributed by atoms with Crippen molar-refractivity contribution < 1.29 is 4.52 Å². The molecule has 0 aliphatic carbocycles. The van der Waals surface area contributed by atoms with Gasteiger partial charge in [0.1, 0.15) is 0 Å². The van der Waals surface area contributed by atoms with Crippen LogP contribution in [0.25, 0.3) is 0 Å². The summed E-state index contributed by atoms with van der Waals surface area (Å²) < 4.78 is 6.10. The van der Waals surface area contributed by atoms with E-state index < -0.39 is 0 Å². The molecule has 2 aromatic heterocycles. The largest absolute Gasteiger partial charge is 0.343 e. The van der Waals surface area contributed by atoms with Crippen LogP contribution in [-0.4, -0.2) is 14.7 Å². The van der Waals surface area contributed by atoms with Crippen molar-refractivity contribution in [1.82, 2.24) is 14.7 Å². The molecule has 0 aliphatic rings. The Morgan fingerprint density at radius 3 is 3.07 bits per heavy atom. The Morgan fingerprint density at radius 2 is 2.43 bits per heavy atom. The van der Waals surface area contributed by atoms with Gasteiger partial charge in [-0.25, -0.2) is 0 Å². The van der Waals surface area contributed by atoms with Crippen LogP contribution in [-0.2, 0) is 6.54 Å². The van der Waals surface area contributed by atoms with Crippen LogP contribution < -0.4 is 5.56 Å². The molecule has 2 heterocycles. The Balaban J connectivity index is 2.30. The van der Waals surface area contributed by atoms with Gasteiger partial charge in [0.15, 0.2) is 5.82 Å². The van der Waals surface area contributed by atoms with Crippen LogP contribution in [0.2, 0.25) is 0 Å². The zero-order chi connectivity index (χ0) is 9.97. The first kappa shape index (κ1) is 8.68. The summed E-state index contributed by atoms with van der Waals surface area (Å²) in [5, 5.41) is 3.63. The molecule has 0 saturated carbocycles. The Morgan fingerprint density at radius 1 is 1.57 bits per heavy atom. The van der Waals surface area contributed by atoms with Crippen molar-refractivity contribution in [2.45, 2.75) is 13.5 Å². The molecule has 0 amide bonds. The zero-order valence-corrected chi connectivity index (χ0v) is 7.67. The second-order valence-corrected chi connectivity index (χ2v) is 3.02. The summed E-state index contributed by atoms with van der Waals surface area (Å²) in [4.78, 5) is 15.3. The van der Waals surface area contributed by atoms with Crippen molar-refractivity contribution in [2.75, 3.05) is 0 Å². The monoisotopic (exact) mass is 191 g/mol. The summed E-state index contributed by atoms with van der Waals surface area (Å²) in [5.41, 5.74) is 0.883. The van der Waals surface area contributed by atoms with E-state index in [0.29, 0.717) is 12.4 Å². The van der Waals surface area contributed by atoms with Gasteiger partial charge < -0.3 is 9.09 Å². The number of nitrogens with zero attached hydrogens (tertiary/aromatic N) is 3. The SMILES string of the molecule is Cc1ccn(Cc2ncon2)c(=O)c1. The number of hydrogen-bond acceptors (Lipinski definition) is 4. The third-order valence-electron chi connectivity index (χ3n) is 1.87. The highest BCUT2D eigenvalue weighted by Gasteiger charge is 2.01. The van der Waals surface area contributed by atoms with E-state index in [1.807, 2.05) is 13.0 Å². The number of rotatable bonds is 2. The first-order valence-electron chi connectivity index (χ1n) is 4.18. The molecule has 2 aromatic rings. The molecule has 0 spiro atoms. The summed E-state index contributed by atoms with van der Waals surface area (Å²) in [6, 6.07) is 3.43. The average molecular weight is 191 g/mol. The maximum Gasteiger partial charge on any atom is 0.251 e. The molecule has 0 aliphatic heterocycles. The van der Waals surface area contributed by atoms with E-state index >= 15 is 0 Å². The molecular weight excluding hydrogens is 182 g/mol. The molecule has 14 heavy (non-hydrogen) atoms. The van der Waals surface area contributed by atoms with Gasteiger partial charge in [-0.3, -0.25) is 4.79 Å². The summed E-state index contributed by atoms with van der Waals surface area (Å²) in [6.07, 6.45) is 2.96. The number of hydrogen-bond donors (Lipinski definition) is 0. The molecule has 0 fully saturated rings. The second-order valence-electron chi connectivity index (χ2n) is 3.02. The van der Waals surface area contributed by atoms with Crippen LogP contribution in [0.4, 0.5) is 0 Å². The minimum Gasteiger partial charge on any atom is -0.343 e. The predicted molar refractivity (Wildman–Crippen MR) is 48.8 cm³/mol. The van der Waals surface area contributed by atoms with E-state index in [0.717, 1.165) is 5.56 Å². The molecule has 5 nitrogen and oxygen atoms in total. The van der Waals surface area contributed by atoms with E-state index in [2.05, 4.69) is 14.7 Å². The summed E-state index contributed by atoms with van der Waals surface area (Å²) >= 11 is 0. The van der Waals surface area contributed by atoms with Crippen molar-refractivity contribution in [3.05, 3.63) is 46.5 Å². The standard InChI is InChI=1S/C9H9N3O2/c1-7-2-3-12(9(13)4-7)5-8-10-6-14-11-8/h2-4,6H,5H2,1H3. The fraction of sp³-hybridized carbons (Fsp3) is 0.222. The molecule has 72 valence electrons. The van der Waals surface area contributed by atoms with Crippen molar-refractivity contribution in [2.24, 2.45) is 0 Å². The number of aryl methyl sites for hydroxylation is 1. The highest BCUT2D eigenvalue weighted by atomic mass is 16.5. The van der Waals surface area contributed by atoms with Crippen LogP contribution in [0.15, 0.2) is 34.0 Å². The molecular formula is C9H9N3O2. The Hall–Kier alpha value is -1.91. The predicted octanol–water partition coefficient (Wildman–Crippen LogP) is 0.588. The van der Waals surface area contributed by atoms with Crippen molar-refractivity contribution in [3.63, 3.8) is 0 Å². The molecule has 0 N–H and O–H groups in total. The lowest BCUT2D eigenvalue weighted by molar-refractivity contribution is 0.408. The Labute approximate surface area is 80.0 Å². The fourth-order valence-electron chi connectivity index (χ4n) is 1.15. The quantitative estimate of drug-likeness (QED) is 0.696. The van der Waals surface area contributed by atoms with Crippen molar-refractivity contribution >= 4 is 0 Å². The van der Waals surface area contributed by atoms with E-state index in [1.165, 1.54) is 11.0 Å². The van der Waals surface area contributed by atoms with Crippen LogP contribution >= 0.6 is 0 Å². The average Bonchev–Trinajstić information content (AvgIpc) is 2.62. The maximum atomic E-state index is 11.4. The smallest absolute Gasteiger partial charge is 0.251 e. The lowest BCUT2D eigenvalue weighted by Crippen LogP contribution is -2.19. The third-order valence-corrected chi connectivity index (χ3v) is 1.87. The van der Waals surface area contributed by atoms with Gasteiger partial charge in [0.25, 0.3) is 5.56 Å². The molecule has 0 unspecified atom stereocenters. The van der Waals surface area contributed by atoms with E-state index in [4.69, 9.17) is 0 Å². The first-order valence-corrected chi connectivity index (χ1v) is 4.18. The van der Waals surface area contributed by atoms with E-state index in [-0.39, 0.29) is 5.56 Å². The Kier molecular flexibility index (Phi) is 2.14. The Bertz CT molecular complexity index is 473. The van der Waals surface area contributed by atoms with Gasteiger partial charge in [0, 0.05) is 12.3 Å². The lowest BCUT2D eigenvalue weighted by atomic mass is 10.3. The normalized spacial score (nSPS) is 10.4. The first-order chi connectivity index (χ1) is 6.75. The van der Waals surface area contributed by atoms with Gasteiger partial charge in [-0.15, -0.1) is 0 Å². The van der Waals surface area contributed by atoms with E-state index in [1.54, 1.807) is 12.3 Å². The van der Waals surface area contributed by atoms with Crippen LogP contribution in [0.5, 0.6) is 0 Å². The van der Waals surface area contributed by atoms with Crippen LogP contribution in [0.1, 0.15) is 11.4 Å². The lowest BCUT2D eigenvalue weighted by Gasteiger charge is -2.01. The van der Waals surface area contributed by atoms with Crippen LogP contribution in [0, 0.1) is 6.92 Å². The summed E-state index contributed by atoms with van der Waals surface area (Å²) in [5.74, 6) is 0.496. The van der Waals surface area contributed by atoms with Crippen molar-refractivity contribution in [3.8, 4) is 0 Å². The zero-order valence-electron chi connectivity index (χ0n) is 7.67. The third kappa shape index (κ3) is 1.71. The second kappa shape index (κ2) is 3.45. The number of aromatic nitrogens is 3. The van der Waals surface area contributed by atoms with Gasteiger partial charge in [-0.05, 0) is 18.6 Å². The summed E-state index contributed by atoms with van der Waals surface area (Å²) in [7, 11) is 0. The molecule has 0 saturated heterocycles. The van der Waals surface area contributed by atoms with Gasteiger partial charge >= 0.3 is 0 Å². The molecule has 0 aromatic carbocycles. The maximum absolute atomic E-state index is 11.4. The van der Waals surface area contributed by atoms with Crippen LogP contribution in [0.3, 0.4) is 0 Å². The van der Waals surface area contributed by atoms with E-state index in [9.17, 15) is 4.79 Å². The minimum absolute atomic E-state index is 0.0604. The number of pyridine rings is 1. The minimum atomic E-state index is -0.0604. The highest BCUT2D eigenvalue weighted by molar-refractivity contribution is 5.08.